The normalized spacial score (nSPS) is 17.9. The van der Waals surface area contributed by atoms with E-state index in [1.165, 1.54) is 11.6 Å². The Kier molecular flexibility index (Phi) is 9.96. The SMILES string of the molecule is CC(C)(C)N1C[C@@H](C(Cl)Cl)c2c1cc(O)c1cccc([N+](=O)[O-])c21.CC(C)(C)c1ccc2c(O)cc3c(c2c1)[C@H](C(Cl)Cl)CN3C(C)(C)C. The van der Waals surface area contributed by atoms with Gasteiger partial charge >= 0.3 is 0 Å². The van der Waals surface area contributed by atoms with Crippen LogP contribution in [0.4, 0.5) is 17.1 Å². The van der Waals surface area contributed by atoms with Gasteiger partial charge in [-0.2, -0.15) is 0 Å². The van der Waals surface area contributed by atoms with Crippen molar-refractivity contribution in [2.75, 3.05) is 22.9 Å². The van der Waals surface area contributed by atoms with E-state index in [-0.39, 0.29) is 39.8 Å². The number of anilines is 2. The molecule has 4 aromatic rings. The van der Waals surface area contributed by atoms with Crippen LogP contribution in [0.2, 0.25) is 0 Å². The highest BCUT2D eigenvalue weighted by molar-refractivity contribution is 6.45. The molecule has 0 unspecified atom stereocenters. The second kappa shape index (κ2) is 13.0. The highest BCUT2D eigenvalue weighted by atomic mass is 35.5. The lowest BCUT2D eigenvalue weighted by Gasteiger charge is -2.35. The summed E-state index contributed by atoms with van der Waals surface area (Å²) in [5, 5.41) is 35.4. The Bertz CT molecular complexity index is 1930. The molecule has 0 amide bonds. The quantitative estimate of drug-likeness (QED) is 0.123. The van der Waals surface area contributed by atoms with Crippen LogP contribution in [0.3, 0.4) is 0 Å². The Labute approximate surface area is 308 Å². The first kappa shape index (κ1) is 37.4. The van der Waals surface area contributed by atoms with Crippen molar-refractivity contribution in [3.63, 3.8) is 0 Å². The molecule has 49 heavy (non-hydrogen) atoms. The van der Waals surface area contributed by atoms with Crippen LogP contribution in [0.5, 0.6) is 11.5 Å². The topological polar surface area (TPSA) is 90.1 Å². The number of benzene rings is 4. The summed E-state index contributed by atoms with van der Waals surface area (Å²) in [6.45, 7) is 20.5. The van der Waals surface area contributed by atoms with Crippen molar-refractivity contribution in [3.05, 3.63) is 75.3 Å². The molecule has 0 fully saturated rings. The standard InChI is InChI=1S/C21H27Cl2NO.C17H18Cl2N2O3/c1-20(2,3)12-7-8-13-14(9-12)18-15(19(22)23)11-24(21(4,5)6)16(18)10-17(13)25;1-17(2,3)20-8-10(16(18)19)15-12(20)7-13(22)9-5-4-6-11(14(9)15)21(23)24/h7-10,15,19,25H,11H2,1-6H3;4-7,10,16,22H,8H2,1-3H3/t15-;10-/m11/s1. The minimum absolute atomic E-state index is 0.0167. The molecule has 0 aromatic heterocycles. The minimum Gasteiger partial charge on any atom is -0.507 e. The minimum atomic E-state index is -0.705. The molecule has 2 aliphatic heterocycles. The number of nitro groups is 1. The molecule has 0 radical (unpaired) electrons. The smallest absolute Gasteiger partial charge is 0.277 e. The summed E-state index contributed by atoms with van der Waals surface area (Å²) >= 11 is 25.2. The van der Waals surface area contributed by atoms with Gasteiger partial charge in [0.15, 0.2) is 0 Å². The van der Waals surface area contributed by atoms with Crippen molar-refractivity contribution in [1.82, 2.24) is 0 Å². The Morgan fingerprint density at radius 3 is 1.67 bits per heavy atom. The lowest BCUT2D eigenvalue weighted by atomic mass is 9.84. The molecular weight excluding hydrogens is 704 g/mol. The Balaban J connectivity index is 0.000000191. The number of nitro benzene ring substituents is 1. The van der Waals surface area contributed by atoms with Crippen LogP contribution in [-0.2, 0) is 5.41 Å². The van der Waals surface area contributed by atoms with E-state index in [0.29, 0.717) is 23.1 Å². The van der Waals surface area contributed by atoms with E-state index in [4.69, 9.17) is 46.4 Å². The van der Waals surface area contributed by atoms with Crippen LogP contribution in [0, 0.1) is 10.1 Å². The molecule has 4 aromatic carbocycles. The highest BCUT2D eigenvalue weighted by Gasteiger charge is 2.42. The van der Waals surface area contributed by atoms with Crippen molar-refractivity contribution >= 4 is 85.0 Å². The number of alkyl halides is 4. The Morgan fingerprint density at radius 1 is 0.714 bits per heavy atom. The van der Waals surface area contributed by atoms with Gasteiger partial charge in [-0.15, -0.1) is 46.4 Å². The number of hydrogen-bond acceptors (Lipinski definition) is 6. The molecular formula is C38H45Cl4N3O4. The van der Waals surface area contributed by atoms with Gasteiger partial charge in [0, 0.05) is 76.3 Å². The molecule has 2 N–H and O–H groups in total. The summed E-state index contributed by atoms with van der Waals surface area (Å²) in [6.07, 6.45) is 0. The number of halogens is 4. The largest absolute Gasteiger partial charge is 0.507 e. The maximum atomic E-state index is 11.5. The molecule has 0 bridgehead atoms. The first-order chi connectivity index (χ1) is 22.5. The fourth-order valence-electron chi connectivity index (χ4n) is 7.15. The van der Waals surface area contributed by atoms with E-state index < -0.39 is 14.6 Å². The molecule has 0 spiro atoms. The fraction of sp³-hybridized carbons (Fsp3) is 0.474. The molecule has 11 heteroatoms. The summed E-state index contributed by atoms with van der Waals surface area (Å²) in [4.78, 5) is 14.3. The molecule has 0 aliphatic carbocycles. The van der Waals surface area contributed by atoms with E-state index in [0.717, 1.165) is 39.8 Å². The average molecular weight is 750 g/mol. The van der Waals surface area contributed by atoms with Crippen molar-refractivity contribution in [1.29, 1.82) is 0 Å². The van der Waals surface area contributed by atoms with Gasteiger partial charge in [-0.05, 0) is 69.0 Å². The maximum absolute atomic E-state index is 11.5. The van der Waals surface area contributed by atoms with Crippen molar-refractivity contribution in [3.8, 4) is 11.5 Å². The molecule has 2 atom stereocenters. The van der Waals surface area contributed by atoms with Gasteiger partial charge in [0.1, 0.15) is 21.2 Å². The molecule has 2 heterocycles. The van der Waals surface area contributed by atoms with E-state index in [1.54, 1.807) is 18.2 Å². The third-order valence-corrected chi connectivity index (χ3v) is 10.9. The predicted octanol–water partition coefficient (Wildman–Crippen LogP) is 11.3. The molecule has 0 saturated heterocycles. The monoisotopic (exact) mass is 747 g/mol. The summed E-state index contributed by atoms with van der Waals surface area (Å²) in [7, 11) is 0. The molecule has 7 nitrogen and oxygen atoms in total. The highest BCUT2D eigenvalue weighted by Crippen LogP contribution is 2.52. The van der Waals surface area contributed by atoms with E-state index in [2.05, 4.69) is 63.5 Å². The Hall–Kier alpha value is -2.84. The molecule has 6 rings (SSSR count). The van der Waals surface area contributed by atoms with Crippen LogP contribution in [0.25, 0.3) is 21.5 Å². The molecule has 264 valence electrons. The summed E-state index contributed by atoms with van der Waals surface area (Å²) in [6, 6.07) is 14.5. The maximum Gasteiger partial charge on any atom is 0.277 e. The number of phenolic OH excluding ortho intramolecular Hbond substituents is 2. The predicted molar refractivity (Wildman–Crippen MR) is 207 cm³/mol. The fourth-order valence-corrected chi connectivity index (χ4v) is 7.97. The van der Waals surface area contributed by atoms with Crippen LogP contribution in [0.15, 0.2) is 48.5 Å². The number of aromatic hydroxyl groups is 2. The zero-order valence-electron chi connectivity index (χ0n) is 29.4. The number of non-ortho nitro benzene ring substituents is 1. The van der Waals surface area contributed by atoms with Crippen LogP contribution >= 0.6 is 46.4 Å². The van der Waals surface area contributed by atoms with Crippen LogP contribution in [-0.4, -0.2) is 49.0 Å². The third-order valence-electron chi connectivity index (χ3n) is 9.64. The summed E-state index contributed by atoms with van der Waals surface area (Å²) in [5.41, 5.74) is 4.59. The van der Waals surface area contributed by atoms with E-state index in [1.807, 2.05) is 32.9 Å². The molecule has 0 saturated carbocycles. The van der Waals surface area contributed by atoms with Gasteiger partial charge in [0.05, 0.1) is 10.3 Å². The number of fused-ring (bicyclic) bond motifs is 6. The number of phenols is 2. The van der Waals surface area contributed by atoms with Gasteiger partial charge in [-0.25, -0.2) is 0 Å². The summed E-state index contributed by atoms with van der Waals surface area (Å²) in [5.74, 6) is 0.0792. The first-order valence-corrected chi connectivity index (χ1v) is 18.1. The number of rotatable bonds is 3. The zero-order valence-corrected chi connectivity index (χ0v) is 32.4. The van der Waals surface area contributed by atoms with Gasteiger partial charge in [0.25, 0.3) is 5.69 Å². The van der Waals surface area contributed by atoms with Crippen molar-refractivity contribution in [2.45, 2.75) is 100 Å². The zero-order chi connectivity index (χ0) is 36.5. The molecule has 2 aliphatic rings. The van der Waals surface area contributed by atoms with E-state index >= 15 is 0 Å². The van der Waals surface area contributed by atoms with Gasteiger partial charge in [-0.3, -0.25) is 10.1 Å². The van der Waals surface area contributed by atoms with Gasteiger partial charge in [0.2, 0.25) is 0 Å². The van der Waals surface area contributed by atoms with Crippen LogP contribution in [0.1, 0.15) is 90.8 Å². The van der Waals surface area contributed by atoms with E-state index in [9.17, 15) is 20.3 Å². The second-order valence-electron chi connectivity index (χ2n) is 16.1. The van der Waals surface area contributed by atoms with Crippen molar-refractivity contribution in [2.24, 2.45) is 0 Å². The number of hydrogen-bond donors (Lipinski definition) is 2. The number of nitrogens with zero attached hydrogens (tertiary/aromatic N) is 3. The van der Waals surface area contributed by atoms with Crippen LogP contribution < -0.4 is 9.80 Å². The third kappa shape index (κ3) is 6.93. The average Bonchev–Trinajstić information content (AvgIpc) is 3.57. The van der Waals surface area contributed by atoms with Crippen molar-refractivity contribution < 1.29 is 15.1 Å². The lowest BCUT2D eigenvalue weighted by Crippen LogP contribution is -2.41. The lowest BCUT2D eigenvalue weighted by molar-refractivity contribution is -0.383. The first-order valence-electron chi connectivity index (χ1n) is 16.4. The van der Waals surface area contributed by atoms with Gasteiger partial charge in [-0.1, -0.05) is 51.1 Å². The van der Waals surface area contributed by atoms with Gasteiger partial charge < -0.3 is 20.0 Å². The summed E-state index contributed by atoms with van der Waals surface area (Å²) < 4.78 is 0. The Morgan fingerprint density at radius 2 is 1.20 bits per heavy atom. The second-order valence-corrected chi connectivity index (χ2v) is 18.4.